The molecule has 0 saturated carbocycles. The molecule has 17 heavy (non-hydrogen) atoms. The van der Waals surface area contributed by atoms with Crippen LogP contribution in [-0.4, -0.2) is 9.55 Å². The molecule has 0 aliphatic rings. The summed E-state index contributed by atoms with van der Waals surface area (Å²) in [5.41, 5.74) is 2.05. The monoisotopic (exact) mass is 248 g/mol. The highest BCUT2D eigenvalue weighted by molar-refractivity contribution is 6.32. The van der Waals surface area contributed by atoms with E-state index in [0.29, 0.717) is 0 Å². The Kier molecular flexibility index (Phi) is 3.85. The van der Waals surface area contributed by atoms with Gasteiger partial charge in [0.1, 0.15) is 5.82 Å². The van der Waals surface area contributed by atoms with Crippen LogP contribution in [0, 0.1) is 6.92 Å². The Morgan fingerprint density at radius 3 is 2.76 bits per heavy atom. The minimum absolute atomic E-state index is 0.766. The molecule has 0 amide bonds. The minimum atomic E-state index is 0.766. The Bertz CT molecular complexity index is 503. The first kappa shape index (κ1) is 12.2. The minimum Gasteiger partial charge on any atom is -0.302 e. The zero-order valence-electron chi connectivity index (χ0n) is 10.3. The van der Waals surface area contributed by atoms with Crippen molar-refractivity contribution in [2.24, 2.45) is 0 Å². The number of aryl methyl sites for hydroxylation is 2. The number of para-hydroxylation sites is 1. The van der Waals surface area contributed by atoms with Gasteiger partial charge in [0.2, 0.25) is 0 Å². The molecule has 1 heterocycles. The summed E-state index contributed by atoms with van der Waals surface area (Å²) in [6.07, 6.45) is 5.37. The van der Waals surface area contributed by atoms with Crippen LogP contribution >= 0.6 is 11.6 Å². The third-order valence-electron chi connectivity index (χ3n) is 2.77. The van der Waals surface area contributed by atoms with Crippen LogP contribution in [0.1, 0.15) is 31.3 Å². The zero-order valence-corrected chi connectivity index (χ0v) is 11.0. The first-order chi connectivity index (χ1) is 8.22. The molecule has 0 aliphatic carbocycles. The van der Waals surface area contributed by atoms with Gasteiger partial charge >= 0.3 is 0 Å². The predicted molar refractivity (Wildman–Crippen MR) is 71.9 cm³/mol. The number of rotatable bonds is 4. The number of halogens is 1. The molecule has 0 aliphatic heterocycles. The fourth-order valence-corrected chi connectivity index (χ4v) is 2.14. The van der Waals surface area contributed by atoms with E-state index in [9.17, 15) is 0 Å². The lowest BCUT2D eigenvalue weighted by molar-refractivity contribution is 0.738. The van der Waals surface area contributed by atoms with Gasteiger partial charge in [0.15, 0.2) is 0 Å². The van der Waals surface area contributed by atoms with E-state index in [0.717, 1.165) is 35.1 Å². The highest BCUT2D eigenvalue weighted by Crippen LogP contribution is 2.22. The highest BCUT2D eigenvalue weighted by Gasteiger charge is 2.09. The maximum absolute atomic E-state index is 6.23. The van der Waals surface area contributed by atoms with Gasteiger partial charge in [0, 0.05) is 12.6 Å². The van der Waals surface area contributed by atoms with E-state index in [4.69, 9.17) is 11.6 Å². The Balaban J connectivity index is 2.41. The highest BCUT2D eigenvalue weighted by atomic mass is 35.5. The SMILES string of the molecule is CCCCc1nc(C)cn1-c1ccccc1Cl. The van der Waals surface area contributed by atoms with Gasteiger partial charge < -0.3 is 4.57 Å². The number of hydrogen-bond donors (Lipinski definition) is 0. The second-order valence-corrected chi connectivity index (χ2v) is 4.63. The van der Waals surface area contributed by atoms with E-state index in [2.05, 4.69) is 16.5 Å². The molecule has 0 N–H and O–H groups in total. The van der Waals surface area contributed by atoms with Gasteiger partial charge in [-0.25, -0.2) is 4.98 Å². The lowest BCUT2D eigenvalue weighted by Crippen LogP contribution is -2.01. The molecule has 0 atom stereocenters. The largest absolute Gasteiger partial charge is 0.302 e. The molecule has 90 valence electrons. The summed E-state index contributed by atoms with van der Waals surface area (Å²) in [5, 5.41) is 0.766. The van der Waals surface area contributed by atoms with Gasteiger partial charge in [-0.05, 0) is 25.5 Å². The van der Waals surface area contributed by atoms with Crippen molar-refractivity contribution in [3.63, 3.8) is 0 Å². The Morgan fingerprint density at radius 1 is 1.29 bits per heavy atom. The summed E-state index contributed by atoms with van der Waals surface area (Å²) in [4.78, 5) is 4.57. The van der Waals surface area contributed by atoms with Gasteiger partial charge in [-0.2, -0.15) is 0 Å². The standard InChI is InChI=1S/C14H17ClN2/c1-3-4-9-14-16-11(2)10-17(14)13-8-6-5-7-12(13)15/h5-8,10H,3-4,9H2,1-2H3. The zero-order chi connectivity index (χ0) is 12.3. The molecule has 0 bridgehead atoms. The molecule has 0 saturated heterocycles. The molecule has 0 radical (unpaired) electrons. The van der Waals surface area contributed by atoms with E-state index >= 15 is 0 Å². The van der Waals surface area contributed by atoms with Crippen molar-refractivity contribution in [2.75, 3.05) is 0 Å². The molecule has 2 nitrogen and oxygen atoms in total. The van der Waals surface area contributed by atoms with Gasteiger partial charge in [0.05, 0.1) is 16.4 Å². The van der Waals surface area contributed by atoms with E-state index in [1.165, 1.54) is 6.42 Å². The molecule has 0 unspecified atom stereocenters. The van der Waals surface area contributed by atoms with Crippen molar-refractivity contribution >= 4 is 11.6 Å². The van der Waals surface area contributed by atoms with Crippen molar-refractivity contribution in [2.45, 2.75) is 33.1 Å². The summed E-state index contributed by atoms with van der Waals surface area (Å²) in [5.74, 6) is 1.09. The maximum Gasteiger partial charge on any atom is 0.113 e. The third-order valence-corrected chi connectivity index (χ3v) is 3.08. The Labute approximate surface area is 107 Å². The number of imidazole rings is 1. The van der Waals surface area contributed by atoms with E-state index in [1.807, 2.05) is 37.4 Å². The maximum atomic E-state index is 6.23. The van der Waals surface area contributed by atoms with E-state index in [-0.39, 0.29) is 0 Å². The molecule has 1 aromatic carbocycles. The summed E-state index contributed by atoms with van der Waals surface area (Å²) < 4.78 is 2.10. The van der Waals surface area contributed by atoms with Crippen LogP contribution in [0.3, 0.4) is 0 Å². The number of aromatic nitrogens is 2. The lowest BCUT2D eigenvalue weighted by Gasteiger charge is -2.08. The van der Waals surface area contributed by atoms with Gasteiger partial charge in [-0.3, -0.25) is 0 Å². The van der Waals surface area contributed by atoms with Gasteiger partial charge in [0.25, 0.3) is 0 Å². The molecule has 3 heteroatoms. The Hall–Kier alpha value is -1.28. The number of hydrogen-bond acceptors (Lipinski definition) is 1. The predicted octanol–water partition coefficient (Wildman–Crippen LogP) is 4.18. The molecular formula is C14H17ClN2. The first-order valence-corrected chi connectivity index (χ1v) is 6.40. The van der Waals surface area contributed by atoms with Crippen LogP contribution < -0.4 is 0 Å². The van der Waals surface area contributed by atoms with Crippen LogP contribution in [0.5, 0.6) is 0 Å². The normalized spacial score (nSPS) is 10.8. The van der Waals surface area contributed by atoms with Crippen molar-refractivity contribution in [1.82, 2.24) is 9.55 Å². The summed E-state index contributed by atoms with van der Waals surface area (Å²) >= 11 is 6.23. The van der Waals surface area contributed by atoms with Crippen molar-refractivity contribution in [1.29, 1.82) is 0 Å². The summed E-state index contributed by atoms with van der Waals surface area (Å²) in [6, 6.07) is 7.89. The molecule has 0 fully saturated rings. The average molecular weight is 249 g/mol. The summed E-state index contributed by atoms with van der Waals surface area (Å²) in [7, 11) is 0. The second-order valence-electron chi connectivity index (χ2n) is 4.22. The topological polar surface area (TPSA) is 17.8 Å². The summed E-state index contributed by atoms with van der Waals surface area (Å²) in [6.45, 7) is 4.21. The number of nitrogens with zero attached hydrogens (tertiary/aromatic N) is 2. The van der Waals surface area contributed by atoms with Crippen molar-refractivity contribution in [3.05, 3.63) is 47.0 Å². The smallest absolute Gasteiger partial charge is 0.113 e. The molecular weight excluding hydrogens is 232 g/mol. The van der Waals surface area contributed by atoms with Crippen LogP contribution in [0.4, 0.5) is 0 Å². The van der Waals surface area contributed by atoms with E-state index in [1.54, 1.807) is 0 Å². The first-order valence-electron chi connectivity index (χ1n) is 6.02. The second kappa shape index (κ2) is 5.37. The molecule has 1 aromatic heterocycles. The van der Waals surface area contributed by atoms with Crippen molar-refractivity contribution < 1.29 is 0 Å². The average Bonchev–Trinajstić information content (AvgIpc) is 2.68. The lowest BCUT2D eigenvalue weighted by atomic mass is 10.2. The fourth-order valence-electron chi connectivity index (χ4n) is 1.91. The van der Waals surface area contributed by atoms with Gasteiger partial charge in [-0.1, -0.05) is 37.1 Å². The molecule has 2 aromatic rings. The van der Waals surface area contributed by atoms with Crippen LogP contribution in [0.25, 0.3) is 5.69 Å². The van der Waals surface area contributed by atoms with Crippen molar-refractivity contribution in [3.8, 4) is 5.69 Å². The Morgan fingerprint density at radius 2 is 2.06 bits per heavy atom. The van der Waals surface area contributed by atoms with Crippen LogP contribution in [0.2, 0.25) is 5.02 Å². The van der Waals surface area contributed by atoms with Crippen LogP contribution in [0.15, 0.2) is 30.5 Å². The molecule has 0 spiro atoms. The number of unbranched alkanes of at least 4 members (excludes halogenated alkanes) is 1. The number of benzene rings is 1. The van der Waals surface area contributed by atoms with Gasteiger partial charge in [-0.15, -0.1) is 0 Å². The fraction of sp³-hybridized carbons (Fsp3) is 0.357. The molecule has 2 rings (SSSR count). The third kappa shape index (κ3) is 2.70. The van der Waals surface area contributed by atoms with E-state index < -0.39 is 0 Å². The quantitative estimate of drug-likeness (QED) is 0.794. The van der Waals surface area contributed by atoms with Crippen LogP contribution in [-0.2, 0) is 6.42 Å².